The zero-order chi connectivity index (χ0) is 34.7. The first-order chi connectivity index (χ1) is 23.3. The molecule has 4 aromatic rings. The van der Waals surface area contributed by atoms with E-state index in [0.717, 1.165) is 36.1 Å². The minimum Gasteiger partial charge on any atom is -0.491 e. The molecule has 1 aromatic carbocycles. The molecule has 1 N–H and O–H groups in total. The number of pyridine rings is 1. The Hall–Kier alpha value is -3.52. The number of aryl methyl sites for hydroxylation is 2. The number of nitrogens with zero attached hydrogens (tertiary/aromatic N) is 4. The lowest BCUT2D eigenvalue weighted by Crippen LogP contribution is -2.49. The molecule has 4 heterocycles. The second kappa shape index (κ2) is 13.0. The van der Waals surface area contributed by atoms with Crippen molar-refractivity contribution in [3.05, 3.63) is 73.4 Å². The van der Waals surface area contributed by atoms with Crippen LogP contribution in [0.5, 0.6) is 5.75 Å². The van der Waals surface area contributed by atoms with E-state index in [0.29, 0.717) is 70.4 Å². The van der Waals surface area contributed by atoms with E-state index in [9.17, 15) is 27.9 Å². The van der Waals surface area contributed by atoms with Gasteiger partial charge in [-0.05, 0) is 95.6 Å². The number of aromatic nitrogens is 3. The number of carboxylic acid groups (broad SMARTS) is 1. The maximum atomic E-state index is 14.1. The van der Waals surface area contributed by atoms with Crippen molar-refractivity contribution in [1.29, 1.82) is 0 Å². The first-order valence-electron chi connectivity index (χ1n) is 16.4. The molecule has 1 aliphatic heterocycles. The predicted molar refractivity (Wildman–Crippen MR) is 180 cm³/mol. The summed E-state index contributed by atoms with van der Waals surface area (Å²) in [4.78, 5) is 37.7. The number of aromatic carboxylic acids is 1. The Morgan fingerprint density at radius 2 is 1.90 bits per heavy atom. The van der Waals surface area contributed by atoms with Gasteiger partial charge in [-0.1, -0.05) is 11.6 Å². The Morgan fingerprint density at radius 3 is 2.59 bits per heavy atom. The van der Waals surface area contributed by atoms with Crippen molar-refractivity contribution in [1.82, 2.24) is 19.4 Å². The Bertz CT molecular complexity index is 1980. The minimum atomic E-state index is -4.61. The number of halogens is 4. The maximum absolute atomic E-state index is 14.1. The second-order valence-corrected chi connectivity index (χ2v) is 14.8. The van der Waals surface area contributed by atoms with Crippen LogP contribution in [0.3, 0.4) is 0 Å². The quantitative estimate of drug-likeness (QED) is 0.195. The molecule has 1 saturated carbocycles. The first-order valence-corrected chi connectivity index (χ1v) is 17.7. The second-order valence-electron chi connectivity index (χ2n) is 13.5. The summed E-state index contributed by atoms with van der Waals surface area (Å²) < 4.78 is 50.5. The number of alkyl halides is 3. The van der Waals surface area contributed by atoms with Crippen LogP contribution >= 0.6 is 22.9 Å². The highest BCUT2D eigenvalue weighted by molar-refractivity contribution is 7.18. The van der Waals surface area contributed by atoms with Gasteiger partial charge in [0.05, 0.1) is 34.6 Å². The predicted octanol–water partition coefficient (Wildman–Crippen LogP) is 7.16. The van der Waals surface area contributed by atoms with Crippen LogP contribution in [0.2, 0.25) is 5.02 Å². The zero-order valence-electron chi connectivity index (χ0n) is 27.1. The largest absolute Gasteiger partial charge is 0.522 e. The molecule has 2 fully saturated rings. The third-order valence-corrected chi connectivity index (χ3v) is 11.4. The molecule has 9 nitrogen and oxygen atoms in total. The smallest absolute Gasteiger partial charge is 0.491 e. The van der Waals surface area contributed by atoms with Crippen molar-refractivity contribution in [3.63, 3.8) is 0 Å². The number of rotatable bonds is 9. The highest BCUT2D eigenvalue weighted by atomic mass is 35.5. The minimum absolute atomic E-state index is 0.0712. The van der Waals surface area contributed by atoms with Crippen molar-refractivity contribution in [2.75, 3.05) is 26.3 Å². The van der Waals surface area contributed by atoms with Crippen molar-refractivity contribution in [2.45, 2.75) is 76.7 Å². The monoisotopic (exact) mass is 716 g/mol. The fourth-order valence-corrected chi connectivity index (χ4v) is 8.75. The number of piperidine rings is 1. The van der Waals surface area contributed by atoms with Crippen LogP contribution in [0.15, 0.2) is 34.4 Å². The number of hydrogen-bond donors (Lipinski definition) is 1. The Kier molecular flexibility index (Phi) is 9.00. The number of carbonyl (C=O) groups is 1. The normalized spacial score (nSPS) is 19.3. The molecule has 0 unspecified atom stereocenters. The SMILES string of the molecule is Cc1cc(-c2cc(Cl)ccc2OCCn2c(C)nc3c(c2=O)C[C@@H](N2CCC(COC(F)(F)F)CC2)CC32CC2)c2scc(C(=O)O)c2n1. The standard InChI is InChI=1S/C35H36ClF3N4O5S/c1-19-13-25(30-29(40-19)27(18-49-30)33(45)46)24-14-22(36)3-4-28(24)47-12-11-43-20(2)41-31-26(32(43)44)15-23(16-34(31)7-8-34)42-9-5-21(6-10-42)17-48-35(37,38)39/h3-4,13-14,18,21,23H,5-12,15-17H2,1-2H3,(H,45,46)/t23-/m1/s1. The van der Waals surface area contributed by atoms with Gasteiger partial charge < -0.3 is 9.84 Å². The highest BCUT2D eigenvalue weighted by Gasteiger charge is 2.53. The first kappa shape index (κ1) is 34.0. The molecule has 2 aliphatic carbocycles. The van der Waals surface area contributed by atoms with Crippen LogP contribution < -0.4 is 10.3 Å². The van der Waals surface area contributed by atoms with Gasteiger partial charge in [-0.3, -0.25) is 24.0 Å². The molecule has 3 aromatic heterocycles. The highest BCUT2D eigenvalue weighted by Crippen LogP contribution is 2.55. The zero-order valence-corrected chi connectivity index (χ0v) is 28.7. The van der Waals surface area contributed by atoms with E-state index in [1.54, 1.807) is 28.1 Å². The summed E-state index contributed by atoms with van der Waals surface area (Å²) in [5.41, 5.74) is 4.12. The number of hydrogen-bond acceptors (Lipinski definition) is 8. The van der Waals surface area contributed by atoms with Gasteiger partial charge in [0.25, 0.3) is 5.56 Å². The third kappa shape index (κ3) is 6.82. The van der Waals surface area contributed by atoms with Crippen LogP contribution in [0.4, 0.5) is 13.2 Å². The van der Waals surface area contributed by atoms with E-state index < -0.39 is 12.3 Å². The molecular formula is C35H36ClF3N4O5S. The van der Waals surface area contributed by atoms with Crippen LogP contribution in [0.1, 0.15) is 65.2 Å². The molecule has 0 bridgehead atoms. The molecule has 1 spiro atoms. The number of benzene rings is 1. The molecule has 1 atom stereocenters. The van der Waals surface area contributed by atoms with Gasteiger partial charge in [-0.25, -0.2) is 9.78 Å². The van der Waals surface area contributed by atoms with Crippen molar-refractivity contribution in [3.8, 4) is 16.9 Å². The van der Waals surface area contributed by atoms with Gasteiger partial charge in [0, 0.05) is 44.2 Å². The van der Waals surface area contributed by atoms with Crippen molar-refractivity contribution < 1.29 is 32.5 Å². The summed E-state index contributed by atoms with van der Waals surface area (Å²) in [6, 6.07) is 7.30. The van der Waals surface area contributed by atoms with E-state index in [2.05, 4.69) is 14.6 Å². The Morgan fingerprint density at radius 1 is 1.14 bits per heavy atom. The number of carboxylic acids is 1. The number of ether oxygens (including phenoxy) is 2. The van der Waals surface area contributed by atoms with E-state index in [-0.39, 0.29) is 48.3 Å². The Labute approximate surface area is 289 Å². The molecular weight excluding hydrogens is 681 g/mol. The molecule has 49 heavy (non-hydrogen) atoms. The summed E-state index contributed by atoms with van der Waals surface area (Å²) >= 11 is 7.72. The number of likely N-dealkylation sites (tertiary alicyclic amines) is 1. The van der Waals surface area contributed by atoms with Crippen LogP contribution in [-0.2, 0) is 23.1 Å². The summed E-state index contributed by atoms with van der Waals surface area (Å²) in [5.74, 6) is -0.00682. The van der Waals surface area contributed by atoms with E-state index in [1.165, 1.54) is 11.3 Å². The van der Waals surface area contributed by atoms with E-state index in [4.69, 9.17) is 21.3 Å². The lowest BCUT2D eigenvalue weighted by atomic mass is 9.79. The van der Waals surface area contributed by atoms with Crippen LogP contribution in [0.25, 0.3) is 21.3 Å². The summed E-state index contributed by atoms with van der Waals surface area (Å²) in [5, 5.41) is 11.8. The molecule has 0 amide bonds. The Balaban J connectivity index is 1.09. The molecule has 7 rings (SSSR count). The number of fused-ring (bicyclic) bond motifs is 3. The fraction of sp³-hybridized carbons (Fsp3) is 0.486. The summed E-state index contributed by atoms with van der Waals surface area (Å²) in [6.07, 6.45) is 0.0670. The summed E-state index contributed by atoms with van der Waals surface area (Å²) in [6.45, 7) is 5.14. The third-order valence-electron chi connectivity index (χ3n) is 10.2. The van der Waals surface area contributed by atoms with Gasteiger partial charge in [-0.2, -0.15) is 0 Å². The van der Waals surface area contributed by atoms with Gasteiger partial charge in [0.1, 0.15) is 18.2 Å². The fourth-order valence-electron chi connectivity index (χ4n) is 7.56. The average molecular weight is 717 g/mol. The number of thiophene rings is 1. The maximum Gasteiger partial charge on any atom is 0.522 e. The molecule has 260 valence electrons. The van der Waals surface area contributed by atoms with E-state index in [1.807, 2.05) is 19.9 Å². The van der Waals surface area contributed by atoms with Crippen LogP contribution in [0, 0.1) is 19.8 Å². The molecule has 3 aliphatic rings. The molecule has 14 heteroatoms. The summed E-state index contributed by atoms with van der Waals surface area (Å²) in [7, 11) is 0. The van der Waals surface area contributed by atoms with Gasteiger partial charge in [0.2, 0.25) is 0 Å². The van der Waals surface area contributed by atoms with Crippen molar-refractivity contribution in [2.24, 2.45) is 5.92 Å². The van der Waals surface area contributed by atoms with Gasteiger partial charge >= 0.3 is 12.3 Å². The van der Waals surface area contributed by atoms with Crippen molar-refractivity contribution >= 4 is 39.1 Å². The van der Waals surface area contributed by atoms with Gasteiger partial charge in [0.15, 0.2) is 0 Å². The molecule has 0 radical (unpaired) electrons. The van der Waals surface area contributed by atoms with Gasteiger partial charge in [-0.15, -0.1) is 24.5 Å². The molecule has 1 saturated heterocycles. The van der Waals surface area contributed by atoms with E-state index >= 15 is 0 Å². The lowest BCUT2D eigenvalue weighted by Gasteiger charge is -2.42. The average Bonchev–Trinajstić information content (AvgIpc) is 3.69. The lowest BCUT2D eigenvalue weighted by molar-refractivity contribution is -0.329. The van der Waals surface area contributed by atoms with Crippen LogP contribution in [-0.4, -0.2) is 69.2 Å². The topological polar surface area (TPSA) is 107 Å².